The molecule has 1 aliphatic carbocycles. The van der Waals surface area contributed by atoms with Gasteiger partial charge in [0.2, 0.25) is 0 Å². The van der Waals surface area contributed by atoms with Crippen molar-refractivity contribution in [2.45, 2.75) is 77.2 Å². The van der Waals surface area contributed by atoms with E-state index in [1.54, 1.807) is 0 Å². The van der Waals surface area contributed by atoms with E-state index >= 15 is 0 Å². The van der Waals surface area contributed by atoms with Crippen molar-refractivity contribution < 1.29 is 13.2 Å². The van der Waals surface area contributed by atoms with Gasteiger partial charge in [0.25, 0.3) is 0 Å². The molecule has 7 nitrogen and oxygen atoms in total. The third-order valence-corrected chi connectivity index (χ3v) is 6.45. The minimum Gasteiger partial charge on any atom is -0.355 e. The van der Waals surface area contributed by atoms with Crippen LogP contribution in [0.1, 0.15) is 57.1 Å². The highest BCUT2D eigenvalue weighted by Gasteiger charge is 2.42. The molecule has 1 aromatic rings. The maximum Gasteiger partial charge on any atom is 0.391 e. The summed E-state index contributed by atoms with van der Waals surface area (Å²) in [5.74, 6) is 0.845. The standard InChI is InChI=1S/C20H34F3N7/c1-4-30-10-6-9-17(30)12-24-19(25-13-18-28-27-14(2)29(18)3)26-16-8-5-7-15(11-16)20(21,22)23/h15-17H,4-13H2,1-3H3,(H2,24,25,26). The number of likely N-dealkylation sites (tertiary alicyclic amines) is 1. The first kappa shape index (κ1) is 22.8. The van der Waals surface area contributed by atoms with Gasteiger partial charge in [0.05, 0.1) is 5.92 Å². The fraction of sp³-hybridized carbons (Fsp3) is 0.850. The van der Waals surface area contributed by atoms with Crippen molar-refractivity contribution in [2.24, 2.45) is 18.0 Å². The van der Waals surface area contributed by atoms with Gasteiger partial charge < -0.3 is 15.2 Å². The molecule has 1 aromatic heterocycles. The third-order valence-electron chi connectivity index (χ3n) is 6.45. The zero-order valence-electron chi connectivity index (χ0n) is 18.2. The number of guanidine groups is 1. The largest absolute Gasteiger partial charge is 0.391 e. The Bertz CT molecular complexity index is 716. The van der Waals surface area contributed by atoms with Gasteiger partial charge >= 0.3 is 6.18 Å². The fourth-order valence-corrected chi connectivity index (χ4v) is 4.46. The van der Waals surface area contributed by atoms with Crippen LogP contribution in [-0.2, 0) is 13.6 Å². The predicted octanol–water partition coefficient (Wildman–Crippen LogP) is 2.76. The quantitative estimate of drug-likeness (QED) is 0.538. The third kappa shape index (κ3) is 5.86. The summed E-state index contributed by atoms with van der Waals surface area (Å²) in [6, 6.07) is 0.192. The monoisotopic (exact) mass is 429 g/mol. The molecule has 2 aliphatic rings. The van der Waals surface area contributed by atoms with Crippen LogP contribution in [0.4, 0.5) is 13.2 Å². The molecule has 0 spiro atoms. The first-order valence-corrected chi connectivity index (χ1v) is 11.0. The van der Waals surface area contributed by atoms with Crippen molar-refractivity contribution in [2.75, 3.05) is 19.6 Å². The summed E-state index contributed by atoms with van der Waals surface area (Å²) in [5.41, 5.74) is 0. The van der Waals surface area contributed by atoms with Gasteiger partial charge in [-0.05, 0) is 52.1 Å². The van der Waals surface area contributed by atoms with Crippen LogP contribution in [0.25, 0.3) is 0 Å². The molecule has 2 N–H and O–H groups in total. The molecule has 1 saturated heterocycles. The lowest BCUT2D eigenvalue weighted by Gasteiger charge is -2.32. The highest BCUT2D eigenvalue weighted by molar-refractivity contribution is 5.80. The second kappa shape index (κ2) is 9.98. The van der Waals surface area contributed by atoms with E-state index in [2.05, 4.69) is 37.6 Å². The van der Waals surface area contributed by atoms with Gasteiger partial charge in [-0.2, -0.15) is 13.2 Å². The van der Waals surface area contributed by atoms with Gasteiger partial charge in [-0.25, -0.2) is 4.99 Å². The topological polar surface area (TPSA) is 70.4 Å². The Morgan fingerprint density at radius 2 is 2.00 bits per heavy atom. The Morgan fingerprint density at radius 3 is 2.67 bits per heavy atom. The van der Waals surface area contributed by atoms with E-state index in [4.69, 9.17) is 0 Å². The number of likely N-dealkylation sites (N-methyl/N-ethyl adjacent to an activating group) is 1. The van der Waals surface area contributed by atoms with Crippen LogP contribution in [0.5, 0.6) is 0 Å². The zero-order chi connectivity index (χ0) is 21.7. The molecule has 3 unspecified atom stereocenters. The van der Waals surface area contributed by atoms with Crippen molar-refractivity contribution in [3.63, 3.8) is 0 Å². The number of halogens is 3. The number of hydrogen-bond donors (Lipinski definition) is 2. The molecular weight excluding hydrogens is 395 g/mol. The van der Waals surface area contributed by atoms with Crippen molar-refractivity contribution >= 4 is 5.96 Å². The molecule has 3 rings (SSSR count). The highest BCUT2D eigenvalue weighted by Crippen LogP contribution is 2.37. The van der Waals surface area contributed by atoms with Crippen molar-refractivity contribution in [1.29, 1.82) is 0 Å². The van der Waals surface area contributed by atoms with E-state index < -0.39 is 12.1 Å². The van der Waals surface area contributed by atoms with Gasteiger partial charge in [0.1, 0.15) is 12.4 Å². The molecule has 2 fully saturated rings. The van der Waals surface area contributed by atoms with E-state index in [1.165, 1.54) is 6.42 Å². The van der Waals surface area contributed by atoms with Crippen LogP contribution in [0.15, 0.2) is 4.99 Å². The Kier molecular flexibility index (Phi) is 7.60. The number of hydrogen-bond acceptors (Lipinski definition) is 4. The van der Waals surface area contributed by atoms with Gasteiger partial charge in [0.15, 0.2) is 11.8 Å². The number of nitrogens with one attached hydrogen (secondary N) is 2. The number of nitrogens with zero attached hydrogens (tertiary/aromatic N) is 5. The van der Waals surface area contributed by atoms with E-state index in [0.29, 0.717) is 25.0 Å². The molecule has 0 bridgehead atoms. The Hall–Kier alpha value is -1.84. The Balaban J connectivity index is 1.66. The maximum atomic E-state index is 13.2. The molecule has 10 heteroatoms. The molecule has 0 aromatic carbocycles. The minimum absolute atomic E-state index is 0.0950. The van der Waals surface area contributed by atoms with E-state index in [9.17, 15) is 13.2 Å². The number of aromatic nitrogens is 3. The van der Waals surface area contributed by atoms with Crippen LogP contribution in [0.2, 0.25) is 0 Å². The molecule has 2 heterocycles. The molecular formula is C20H34F3N7. The molecule has 1 aliphatic heterocycles. The molecule has 30 heavy (non-hydrogen) atoms. The number of rotatable bonds is 6. The Labute approximate surface area is 176 Å². The van der Waals surface area contributed by atoms with Crippen LogP contribution in [-0.4, -0.2) is 63.5 Å². The fourth-order valence-electron chi connectivity index (χ4n) is 4.46. The first-order valence-electron chi connectivity index (χ1n) is 11.0. The maximum absolute atomic E-state index is 13.2. The summed E-state index contributed by atoms with van der Waals surface area (Å²) in [4.78, 5) is 7.06. The number of aryl methyl sites for hydroxylation is 1. The lowest BCUT2D eigenvalue weighted by atomic mass is 9.85. The molecule has 1 saturated carbocycles. The van der Waals surface area contributed by atoms with Gasteiger partial charge in [-0.1, -0.05) is 13.3 Å². The van der Waals surface area contributed by atoms with Crippen LogP contribution < -0.4 is 10.6 Å². The van der Waals surface area contributed by atoms with Crippen LogP contribution in [0, 0.1) is 12.8 Å². The second-order valence-electron chi connectivity index (χ2n) is 8.44. The lowest BCUT2D eigenvalue weighted by Crippen LogP contribution is -2.49. The summed E-state index contributed by atoms with van der Waals surface area (Å²) in [7, 11) is 1.88. The summed E-state index contributed by atoms with van der Waals surface area (Å²) in [5, 5.41) is 14.8. The summed E-state index contributed by atoms with van der Waals surface area (Å²) in [6.07, 6.45) is -0.229. The second-order valence-corrected chi connectivity index (χ2v) is 8.44. The average Bonchev–Trinajstić information content (AvgIpc) is 3.30. The Morgan fingerprint density at radius 1 is 1.20 bits per heavy atom. The molecule has 3 atom stereocenters. The SMILES string of the molecule is CCN1CCCC1CNC(=NCc1nnc(C)n1C)NC1CCCC(C(F)(F)F)C1. The molecule has 170 valence electrons. The van der Waals surface area contributed by atoms with Crippen molar-refractivity contribution in [1.82, 2.24) is 30.3 Å². The van der Waals surface area contributed by atoms with Gasteiger partial charge in [-0.15, -0.1) is 10.2 Å². The van der Waals surface area contributed by atoms with E-state index in [1.807, 2.05) is 18.5 Å². The average molecular weight is 430 g/mol. The lowest BCUT2D eigenvalue weighted by molar-refractivity contribution is -0.183. The zero-order valence-corrected chi connectivity index (χ0v) is 18.2. The van der Waals surface area contributed by atoms with Crippen molar-refractivity contribution in [3.8, 4) is 0 Å². The van der Waals surface area contributed by atoms with Crippen LogP contribution >= 0.6 is 0 Å². The summed E-state index contributed by atoms with van der Waals surface area (Å²) < 4.78 is 41.5. The predicted molar refractivity (Wildman–Crippen MR) is 110 cm³/mol. The number of aliphatic imine (C=N–C) groups is 1. The molecule has 0 radical (unpaired) electrons. The molecule has 0 amide bonds. The normalized spacial score (nSPS) is 26.2. The smallest absolute Gasteiger partial charge is 0.355 e. The summed E-state index contributed by atoms with van der Waals surface area (Å²) in [6.45, 7) is 7.17. The summed E-state index contributed by atoms with van der Waals surface area (Å²) >= 11 is 0. The van der Waals surface area contributed by atoms with Crippen LogP contribution in [0.3, 0.4) is 0 Å². The first-order chi connectivity index (χ1) is 14.3. The number of alkyl halides is 3. The van der Waals surface area contributed by atoms with E-state index in [0.717, 1.165) is 44.1 Å². The van der Waals surface area contributed by atoms with Gasteiger partial charge in [-0.3, -0.25) is 4.90 Å². The van der Waals surface area contributed by atoms with Gasteiger partial charge in [0, 0.05) is 25.7 Å². The van der Waals surface area contributed by atoms with E-state index in [-0.39, 0.29) is 18.9 Å². The van der Waals surface area contributed by atoms with Crippen molar-refractivity contribution in [3.05, 3.63) is 11.6 Å². The highest BCUT2D eigenvalue weighted by atomic mass is 19.4. The minimum atomic E-state index is -4.13.